The van der Waals surface area contributed by atoms with E-state index < -0.39 is 5.60 Å². The second-order valence-corrected chi connectivity index (χ2v) is 8.03. The van der Waals surface area contributed by atoms with Crippen molar-refractivity contribution in [3.63, 3.8) is 0 Å². The van der Waals surface area contributed by atoms with Crippen LogP contribution < -0.4 is 0 Å². The molecule has 146 valence electrons. The highest BCUT2D eigenvalue weighted by atomic mass is 16.3. The van der Waals surface area contributed by atoms with Crippen LogP contribution >= 0.6 is 0 Å². The molecule has 2 aromatic rings. The molecule has 1 saturated heterocycles. The topological polar surface area (TPSA) is 56.9 Å². The summed E-state index contributed by atoms with van der Waals surface area (Å²) in [6, 6.07) is 12.1. The van der Waals surface area contributed by atoms with E-state index in [2.05, 4.69) is 29.2 Å². The summed E-state index contributed by atoms with van der Waals surface area (Å²) >= 11 is 0. The molecular formula is C22H30N2O3. The van der Waals surface area contributed by atoms with Crippen LogP contribution in [-0.2, 0) is 13.0 Å². The largest absolute Gasteiger partial charge is 0.459 e. The average Bonchev–Trinajstić information content (AvgIpc) is 3.07. The van der Waals surface area contributed by atoms with Gasteiger partial charge in [-0.2, -0.15) is 0 Å². The number of nitrogens with zero attached hydrogens (tertiary/aromatic N) is 2. The van der Waals surface area contributed by atoms with Gasteiger partial charge in [-0.15, -0.1) is 0 Å². The van der Waals surface area contributed by atoms with Gasteiger partial charge < -0.3 is 14.4 Å². The molecule has 3 rings (SSSR count). The molecule has 5 heteroatoms. The SMILES string of the molecule is CC(C)(O)CCc1ccc(CN2CCCN(C(=O)c3ccco3)CC2)cc1. The first-order valence-electron chi connectivity index (χ1n) is 9.76. The second-order valence-electron chi connectivity index (χ2n) is 8.03. The van der Waals surface area contributed by atoms with Crippen molar-refractivity contribution in [3.8, 4) is 0 Å². The molecule has 1 fully saturated rings. The monoisotopic (exact) mass is 370 g/mol. The van der Waals surface area contributed by atoms with E-state index in [-0.39, 0.29) is 5.91 Å². The van der Waals surface area contributed by atoms with Gasteiger partial charge in [0.25, 0.3) is 5.91 Å². The van der Waals surface area contributed by atoms with E-state index in [1.54, 1.807) is 18.4 Å². The number of rotatable bonds is 6. The maximum Gasteiger partial charge on any atom is 0.289 e. The fourth-order valence-electron chi connectivity index (χ4n) is 3.41. The minimum atomic E-state index is -0.621. The normalized spacial score (nSPS) is 16.3. The summed E-state index contributed by atoms with van der Waals surface area (Å²) in [5.41, 5.74) is 1.92. The smallest absolute Gasteiger partial charge is 0.289 e. The Balaban J connectivity index is 1.50. The van der Waals surface area contributed by atoms with Crippen LogP contribution in [0.1, 0.15) is 48.4 Å². The lowest BCUT2D eigenvalue weighted by Crippen LogP contribution is -2.34. The first kappa shape index (κ1) is 19.6. The van der Waals surface area contributed by atoms with Crippen LogP contribution in [0.4, 0.5) is 0 Å². The Morgan fingerprint density at radius 1 is 1.07 bits per heavy atom. The Bertz CT molecular complexity index is 717. The zero-order chi connectivity index (χ0) is 19.3. The van der Waals surface area contributed by atoms with Crippen molar-refractivity contribution < 1.29 is 14.3 Å². The van der Waals surface area contributed by atoms with Crippen LogP contribution in [0.15, 0.2) is 47.1 Å². The number of furan rings is 1. The lowest BCUT2D eigenvalue weighted by atomic mass is 9.98. The molecule has 1 aromatic carbocycles. The Labute approximate surface area is 161 Å². The van der Waals surface area contributed by atoms with Crippen LogP contribution in [0.5, 0.6) is 0 Å². The predicted octanol–water partition coefficient (Wildman–Crippen LogP) is 3.33. The Kier molecular flexibility index (Phi) is 6.34. The van der Waals surface area contributed by atoms with Gasteiger partial charge in [0, 0.05) is 32.7 Å². The van der Waals surface area contributed by atoms with E-state index >= 15 is 0 Å². The number of hydrogen-bond acceptors (Lipinski definition) is 4. The van der Waals surface area contributed by atoms with Crippen LogP contribution in [0, 0.1) is 0 Å². The van der Waals surface area contributed by atoms with E-state index in [4.69, 9.17) is 4.42 Å². The minimum absolute atomic E-state index is 0.0157. The minimum Gasteiger partial charge on any atom is -0.459 e. The standard InChI is InChI=1S/C22H30N2O3/c1-22(2,26)11-10-18-6-8-19(9-7-18)17-23-12-4-13-24(15-14-23)21(25)20-5-3-16-27-20/h3,5-9,16,26H,4,10-15,17H2,1-2H3. The zero-order valence-electron chi connectivity index (χ0n) is 16.4. The molecular weight excluding hydrogens is 340 g/mol. The fraction of sp³-hybridized carbons (Fsp3) is 0.500. The van der Waals surface area contributed by atoms with Crippen molar-refractivity contribution in [2.45, 2.75) is 45.3 Å². The second kappa shape index (κ2) is 8.72. The van der Waals surface area contributed by atoms with Gasteiger partial charge >= 0.3 is 0 Å². The lowest BCUT2D eigenvalue weighted by molar-refractivity contribution is 0.0712. The molecule has 1 amide bonds. The fourth-order valence-corrected chi connectivity index (χ4v) is 3.41. The third kappa shape index (κ3) is 5.94. The number of carbonyl (C=O) groups is 1. The lowest BCUT2D eigenvalue weighted by Gasteiger charge is -2.21. The van der Waals surface area contributed by atoms with Crippen LogP contribution in [-0.4, -0.2) is 52.6 Å². The van der Waals surface area contributed by atoms with Gasteiger partial charge in [0.15, 0.2) is 5.76 Å². The summed E-state index contributed by atoms with van der Waals surface area (Å²) in [5, 5.41) is 9.86. The van der Waals surface area contributed by atoms with Crippen LogP contribution in [0.25, 0.3) is 0 Å². The summed E-state index contributed by atoms with van der Waals surface area (Å²) in [4.78, 5) is 16.7. The maximum absolute atomic E-state index is 12.4. The van der Waals surface area contributed by atoms with Crippen molar-refractivity contribution in [2.24, 2.45) is 0 Å². The van der Waals surface area contributed by atoms with Gasteiger partial charge in [-0.3, -0.25) is 9.69 Å². The predicted molar refractivity (Wildman–Crippen MR) is 106 cm³/mol. The number of aliphatic hydroxyl groups is 1. The van der Waals surface area contributed by atoms with Gasteiger partial charge in [-0.25, -0.2) is 0 Å². The summed E-state index contributed by atoms with van der Waals surface area (Å²) in [6.45, 7) is 7.94. The maximum atomic E-state index is 12.4. The van der Waals surface area contributed by atoms with Gasteiger partial charge in [-0.1, -0.05) is 24.3 Å². The molecule has 2 heterocycles. The number of hydrogen-bond donors (Lipinski definition) is 1. The first-order valence-corrected chi connectivity index (χ1v) is 9.76. The molecule has 0 spiro atoms. The van der Waals surface area contributed by atoms with Gasteiger partial charge in [0.1, 0.15) is 0 Å². The van der Waals surface area contributed by atoms with Crippen molar-refractivity contribution >= 4 is 5.91 Å². The quantitative estimate of drug-likeness (QED) is 0.847. The Hall–Kier alpha value is -2.11. The number of carbonyl (C=O) groups excluding carboxylic acids is 1. The van der Waals surface area contributed by atoms with Crippen molar-refractivity contribution in [2.75, 3.05) is 26.2 Å². The van der Waals surface area contributed by atoms with Crippen molar-refractivity contribution in [3.05, 3.63) is 59.5 Å². The molecule has 0 radical (unpaired) electrons. The number of benzene rings is 1. The Morgan fingerprint density at radius 3 is 2.48 bits per heavy atom. The third-order valence-electron chi connectivity index (χ3n) is 5.06. The summed E-state index contributed by atoms with van der Waals surface area (Å²) in [5.74, 6) is 0.406. The van der Waals surface area contributed by atoms with E-state index in [1.165, 1.54) is 11.1 Å². The highest BCUT2D eigenvalue weighted by Gasteiger charge is 2.22. The Morgan fingerprint density at radius 2 is 1.81 bits per heavy atom. The zero-order valence-corrected chi connectivity index (χ0v) is 16.4. The number of amides is 1. The molecule has 1 aromatic heterocycles. The van der Waals surface area contributed by atoms with Crippen LogP contribution in [0.3, 0.4) is 0 Å². The summed E-state index contributed by atoms with van der Waals surface area (Å²) < 4.78 is 5.24. The molecule has 0 unspecified atom stereocenters. The van der Waals surface area contributed by atoms with Crippen molar-refractivity contribution in [1.82, 2.24) is 9.80 Å². The first-order chi connectivity index (χ1) is 12.9. The van der Waals surface area contributed by atoms with Gasteiger partial charge in [-0.05, 0) is 56.4 Å². The molecule has 1 aliphatic rings. The van der Waals surface area contributed by atoms with Gasteiger partial charge in [0.05, 0.1) is 11.9 Å². The molecule has 1 aliphatic heterocycles. The van der Waals surface area contributed by atoms with E-state index in [9.17, 15) is 9.90 Å². The summed E-state index contributed by atoms with van der Waals surface area (Å²) in [7, 11) is 0. The third-order valence-corrected chi connectivity index (χ3v) is 5.06. The average molecular weight is 370 g/mol. The van der Waals surface area contributed by atoms with E-state index in [0.29, 0.717) is 5.76 Å². The summed E-state index contributed by atoms with van der Waals surface area (Å²) in [6.07, 6.45) is 4.16. The van der Waals surface area contributed by atoms with E-state index in [1.807, 2.05) is 18.7 Å². The molecule has 1 N–H and O–H groups in total. The molecule has 0 aliphatic carbocycles. The molecule has 0 atom stereocenters. The van der Waals surface area contributed by atoms with Crippen LogP contribution in [0.2, 0.25) is 0 Å². The van der Waals surface area contributed by atoms with E-state index in [0.717, 1.165) is 52.0 Å². The molecule has 27 heavy (non-hydrogen) atoms. The number of aryl methyl sites for hydroxylation is 1. The molecule has 5 nitrogen and oxygen atoms in total. The highest BCUT2D eigenvalue weighted by Crippen LogP contribution is 2.16. The molecule has 0 saturated carbocycles. The molecule has 0 bridgehead atoms. The van der Waals surface area contributed by atoms with Gasteiger partial charge in [0.2, 0.25) is 0 Å². The van der Waals surface area contributed by atoms with Crippen molar-refractivity contribution in [1.29, 1.82) is 0 Å². The highest BCUT2D eigenvalue weighted by molar-refractivity contribution is 5.91.